The average molecular weight is 213 g/mol. The fraction of sp³-hybridized carbons (Fsp3) is 0.286. The van der Waals surface area contributed by atoms with E-state index in [2.05, 4.69) is 4.42 Å². The Morgan fingerprint density at radius 2 is 2.08 bits per heavy atom. The summed E-state index contributed by atoms with van der Waals surface area (Å²) >= 11 is 4.96. The van der Waals surface area contributed by atoms with Crippen molar-refractivity contribution < 1.29 is 22.4 Å². The quantitative estimate of drug-likeness (QED) is 0.670. The highest BCUT2D eigenvalue weighted by Crippen LogP contribution is 2.35. The lowest BCUT2D eigenvalue weighted by Crippen LogP contribution is -2.08. The number of carbonyl (C=O) groups excluding carboxylic acids is 1. The minimum atomic E-state index is -4.61. The number of hydrogen-bond acceptors (Lipinski definition) is 2. The van der Waals surface area contributed by atoms with Crippen molar-refractivity contribution in [3.63, 3.8) is 0 Å². The van der Waals surface area contributed by atoms with Crippen molar-refractivity contribution in [2.75, 3.05) is 0 Å². The van der Waals surface area contributed by atoms with Crippen molar-refractivity contribution >= 4 is 16.8 Å². The van der Waals surface area contributed by atoms with Gasteiger partial charge in [0.25, 0.3) is 5.24 Å². The van der Waals surface area contributed by atoms with Gasteiger partial charge in [-0.2, -0.15) is 13.2 Å². The highest BCUT2D eigenvalue weighted by atomic mass is 35.5. The van der Waals surface area contributed by atoms with Gasteiger partial charge in [0.15, 0.2) is 0 Å². The molecule has 0 radical (unpaired) electrons. The van der Waals surface area contributed by atoms with Gasteiger partial charge in [0.1, 0.15) is 17.6 Å². The Morgan fingerprint density at radius 1 is 1.54 bits per heavy atom. The van der Waals surface area contributed by atoms with Crippen molar-refractivity contribution in [1.82, 2.24) is 0 Å². The Morgan fingerprint density at radius 3 is 2.38 bits per heavy atom. The first kappa shape index (κ1) is 10.1. The molecule has 0 spiro atoms. The normalized spacial score (nSPS) is 11.8. The van der Waals surface area contributed by atoms with E-state index in [9.17, 15) is 18.0 Å². The molecule has 0 bridgehead atoms. The zero-order chi connectivity index (χ0) is 10.2. The van der Waals surface area contributed by atoms with Crippen LogP contribution in [0.3, 0.4) is 0 Å². The predicted molar refractivity (Wildman–Crippen MR) is 38.6 cm³/mol. The maximum Gasteiger partial charge on any atom is 0.420 e. The maximum absolute atomic E-state index is 12.2. The van der Waals surface area contributed by atoms with Crippen LogP contribution in [-0.4, -0.2) is 5.24 Å². The van der Waals surface area contributed by atoms with E-state index >= 15 is 0 Å². The molecule has 1 aromatic rings. The second-order valence-electron chi connectivity index (χ2n) is 2.35. The summed E-state index contributed by atoms with van der Waals surface area (Å²) in [5.41, 5.74) is -1.75. The summed E-state index contributed by atoms with van der Waals surface area (Å²) in [6.07, 6.45) is -4.14. The third-order valence-corrected chi connectivity index (χ3v) is 1.67. The van der Waals surface area contributed by atoms with Crippen molar-refractivity contribution in [3.05, 3.63) is 23.2 Å². The summed E-state index contributed by atoms with van der Waals surface area (Å²) in [6, 6.07) is 0. The monoisotopic (exact) mass is 212 g/mol. The van der Waals surface area contributed by atoms with Crippen LogP contribution in [0.4, 0.5) is 13.2 Å². The first-order valence-corrected chi connectivity index (χ1v) is 3.57. The molecular formula is C7H4ClF3O2. The molecule has 0 unspecified atom stereocenters. The first-order chi connectivity index (χ1) is 5.84. The first-order valence-electron chi connectivity index (χ1n) is 3.19. The van der Waals surface area contributed by atoms with Gasteiger partial charge in [-0.3, -0.25) is 4.79 Å². The number of rotatable bonds is 1. The molecule has 2 nitrogen and oxygen atoms in total. The molecule has 0 aliphatic carbocycles. The van der Waals surface area contributed by atoms with Crippen molar-refractivity contribution in [2.45, 2.75) is 13.1 Å². The van der Waals surface area contributed by atoms with Gasteiger partial charge >= 0.3 is 6.18 Å². The summed E-state index contributed by atoms with van der Waals surface area (Å²) in [5, 5.41) is -1.17. The fourth-order valence-corrected chi connectivity index (χ4v) is 1.14. The number of furan rings is 1. The standard InChI is InChI=1S/C7H4ClF3O2/c1-3-5(6(8)12)4(2-13-3)7(9,10)11/h2H,1H3. The smallest absolute Gasteiger partial charge is 0.420 e. The van der Waals surface area contributed by atoms with E-state index in [1.54, 1.807) is 0 Å². The molecule has 1 heterocycles. The molecule has 1 aromatic heterocycles. The van der Waals surface area contributed by atoms with Crippen LogP contribution in [0.25, 0.3) is 0 Å². The van der Waals surface area contributed by atoms with Gasteiger partial charge in [0.05, 0.1) is 5.56 Å². The third-order valence-electron chi connectivity index (χ3n) is 1.48. The van der Waals surface area contributed by atoms with E-state index in [1.165, 1.54) is 6.92 Å². The van der Waals surface area contributed by atoms with E-state index in [0.717, 1.165) is 0 Å². The largest absolute Gasteiger partial charge is 0.468 e. The molecular weight excluding hydrogens is 209 g/mol. The van der Waals surface area contributed by atoms with Gasteiger partial charge in [-0.25, -0.2) is 0 Å². The van der Waals surface area contributed by atoms with E-state index in [4.69, 9.17) is 11.6 Å². The van der Waals surface area contributed by atoms with Gasteiger partial charge in [-0.15, -0.1) is 0 Å². The Bertz CT molecular complexity index is 340. The van der Waals surface area contributed by atoms with E-state index in [1.807, 2.05) is 0 Å². The highest BCUT2D eigenvalue weighted by molar-refractivity contribution is 6.68. The van der Waals surface area contributed by atoms with Crippen molar-refractivity contribution in [2.24, 2.45) is 0 Å². The van der Waals surface area contributed by atoms with E-state index < -0.39 is 22.5 Å². The molecule has 0 aromatic carbocycles. The summed E-state index contributed by atoms with van der Waals surface area (Å²) < 4.78 is 40.9. The average Bonchev–Trinajstić information content (AvgIpc) is 2.28. The third kappa shape index (κ3) is 1.85. The number of alkyl halides is 3. The molecule has 0 aliphatic heterocycles. The zero-order valence-electron chi connectivity index (χ0n) is 6.41. The Hall–Kier alpha value is -0.970. The summed E-state index contributed by atoms with van der Waals surface area (Å²) in [6.45, 7) is 1.24. The van der Waals surface area contributed by atoms with Gasteiger partial charge < -0.3 is 4.42 Å². The minimum Gasteiger partial charge on any atom is -0.468 e. The molecule has 0 fully saturated rings. The molecule has 0 aliphatic rings. The van der Waals surface area contributed by atoms with Gasteiger partial charge in [-0.1, -0.05) is 0 Å². The Balaban J connectivity index is 3.31. The van der Waals surface area contributed by atoms with Crippen molar-refractivity contribution in [3.8, 4) is 0 Å². The fourth-order valence-electron chi connectivity index (χ4n) is 0.908. The summed E-state index contributed by atoms with van der Waals surface area (Å²) in [5.74, 6) is -0.132. The lowest BCUT2D eigenvalue weighted by atomic mass is 10.1. The van der Waals surface area contributed by atoms with Crippen LogP contribution >= 0.6 is 11.6 Å². The van der Waals surface area contributed by atoms with Gasteiger partial charge in [-0.05, 0) is 18.5 Å². The van der Waals surface area contributed by atoms with Crippen LogP contribution in [0.15, 0.2) is 10.7 Å². The number of hydrogen-bond donors (Lipinski definition) is 0. The zero-order valence-corrected chi connectivity index (χ0v) is 7.16. The maximum atomic E-state index is 12.2. The second kappa shape index (κ2) is 3.06. The molecule has 0 atom stereocenters. The van der Waals surface area contributed by atoms with Crippen LogP contribution in [0.5, 0.6) is 0 Å². The molecule has 0 saturated carbocycles. The highest BCUT2D eigenvalue weighted by Gasteiger charge is 2.38. The molecule has 6 heteroatoms. The molecule has 1 rings (SSSR count). The van der Waals surface area contributed by atoms with E-state index in [0.29, 0.717) is 6.26 Å². The second-order valence-corrected chi connectivity index (χ2v) is 2.70. The Kier molecular flexibility index (Phi) is 2.38. The minimum absolute atomic E-state index is 0.132. The lowest BCUT2D eigenvalue weighted by molar-refractivity contribution is -0.138. The summed E-state index contributed by atoms with van der Waals surface area (Å²) in [7, 11) is 0. The van der Waals surface area contributed by atoms with E-state index in [-0.39, 0.29) is 5.76 Å². The number of carbonyl (C=O) groups is 1. The van der Waals surface area contributed by atoms with Crippen molar-refractivity contribution in [1.29, 1.82) is 0 Å². The molecule has 0 amide bonds. The van der Waals surface area contributed by atoms with Gasteiger partial charge in [0.2, 0.25) is 0 Å². The van der Waals surface area contributed by atoms with Gasteiger partial charge in [0, 0.05) is 0 Å². The Labute approximate surface area is 76.3 Å². The molecule has 0 saturated heterocycles. The van der Waals surface area contributed by atoms with Crippen LogP contribution in [0.1, 0.15) is 21.7 Å². The number of aryl methyl sites for hydroxylation is 1. The molecule has 0 N–H and O–H groups in total. The van der Waals surface area contributed by atoms with Crippen LogP contribution < -0.4 is 0 Å². The summed E-state index contributed by atoms with van der Waals surface area (Å²) in [4.78, 5) is 10.6. The van der Waals surface area contributed by atoms with Crippen LogP contribution in [0.2, 0.25) is 0 Å². The SMILES string of the molecule is Cc1occ(C(F)(F)F)c1C(=O)Cl. The number of halogens is 4. The topological polar surface area (TPSA) is 30.2 Å². The van der Waals surface area contributed by atoms with Crippen LogP contribution in [0, 0.1) is 6.92 Å². The lowest BCUT2D eigenvalue weighted by Gasteiger charge is -2.03. The predicted octanol–water partition coefficient (Wildman–Crippen LogP) is 2.99. The van der Waals surface area contributed by atoms with Crippen LogP contribution in [-0.2, 0) is 6.18 Å². The molecule has 72 valence electrons. The molecule has 13 heavy (non-hydrogen) atoms.